The number of hydrogen-bond acceptors (Lipinski definition) is 5. The zero-order valence-corrected chi connectivity index (χ0v) is 16.0. The number of pyridine rings is 1. The second-order valence-corrected chi connectivity index (χ2v) is 8.26. The molecule has 0 aliphatic carbocycles. The van der Waals surface area contributed by atoms with E-state index >= 15 is 0 Å². The number of sulfonamides is 1. The van der Waals surface area contributed by atoms with Crippen molar-refractivity contribution in [3.05, 3.63) is 42.6 Å². The molecule has 9 heteroatoms. The van der Waals surface area contributed by atoms with Gasteiger partial charge in [-0.25, -0.2) is 13.4 Å². The van der Waals surface area contributed by atoms with Crippen molar-refractivity contribution in [2.24, 2.45) is 5.92 Å². The van der Waals surface area contributed by atoms with Crippen molar-refractivity contribution in [2.75, 3.05) is 19.6 Å². The van der Waals surface area contributed by atoms with E-state index in [0.717, 1.165) is 12.1 Å². The maximum absolute atomic E-state index is 13.1. The molecule has 0 amide bonds. The van der Waals surface area contributed by atoms with Gasteiger partial charge in [-0.3, -0.25) is 4.98 Å². The van der Waals surface area contributed by atoms with Gasteiger partial charge >= 0.3 is 0 Å². The maximum Gasteiger partial charge on any atom is 0.262 e. The molecule has 1 fully saturated rings. The Morgan fingerprint density at radius 3 is 2.88 bits per heavy atom. The van der Waals surface area contributed by atoms with Crippen LogP contribution in [0.3, 0.4) is 0 Å². The van der Waals surface area contributed by atoms with E-state index in [1.165, 1.54) is 4.31 Å². The van der Waals surface area contributed by atoms with Crippen molar-refractivity contribution < 1.29 is 8.42 Å². The highest BCUT2D eigenvalue weighted by Crippen LogP contribution is 2.27. The van der Waals surface area contributed by atoms with E-state index in [-0.39, 0.29) is 23.5 Å². The van der Waals surface area contributed by atoms with Gasteiger partial charge in [-0.05, 0) is 17.5 Å². The summed E-state index contributed by atoms with van der Waals surface area (Å²) in [6.45, 7) is 6.53. The van der Waals surface area contributed by atoms with Gasteiger partial charge in [0.15, 0.2) is 5.03 Å². The standard InChI is InChI=1S/C16H23N5O2S.ClH/c1-13(2)10-20-11-16(19-12-20)24(22,23)21-7-6-18-9-15(21)14-4-3-5-17-8-14;/h3-5,8,11-13,15,18H,6-7,9-10H2,1-2H3;1H. The molecule has 1 atom stereocenters. The second kappa shape index (κ2) is 8.27. The molecule has 25 heavy (non-hydrogen) atoms. The van der Waals surface area contributed by atoms with Crippen LogP contribution in [0.15, 0.2) is 42.1 Å². The molecule has 7 nitrogen and oxygen atoms in total. The van der Waals surface area contributed by atoms with Gasteiger partial charge in [0, 0.05) is 44.8 Å². The Labute approximate surface area is 154 Å². The van der Waals surface area contributed by atoms with Gasteiger partial charge in [-0.15, -0.1) is 12.4 Å². The summed E-state index contributed by atoms with van der Waals surface area (Å²) in [5.41, 5.74) is 0.884. The van der Waals surface area contributed by atoms with Crippen molar-refractivity contribution in [2.45, 2.75) is 31.5 Å². The van der Waals surface area contributed by atoms with E-state index in [4.69, 9.17) is 0 Å². The van der Waals surface area contributed by atoms with Crippen molar-refractivity contribution >= 4 is 22.4 Å². The highest BCUT2D eigenvalue weighted by atomic mass is 35.5. The fraction of sp³-hybridized carbons (Fsp3) is 0.500. The van der Waals surface area contributed by atoms with Gasteiger partial charge in [0.1, 0.15) is 0 Å². The lowest BCUT2D eigenvalue weighted by atomic mass is 10.1. The molecular formula is C16H24ClN5O2S. The average Bonchev–Trinajstić information content (AvgIpc) is 3.04. The van der Waals surface area contributed by atoms with Gasteiger partial charge in [0.05, 0.1) is 12.4 Å². The Morgan fingerprint density at radius 1 is 1.40 bits per heavy atom. The molecule has 1 aliphatic rings. The molecule has 1 aliphatic heterocycles. The predicted octanol–water partition coefficient (Wildman–Crippen LogP) is 1.69. The average molecular weight is 386 g/mol. The van der Waals surface area contributed by atoms with Crippen LogP contribution in [0.25, 0.3) is 0 Å². The molecule has 1 unspecified atom stereocenters. The molecule has 1 N–H and O–H groups in total. The molecule has 0 spiro atoms. The number of hydrogen-bond donors (Lipinski definition) is 1. The second-order valence-electron chi connectivity index (χ2n) is 6.42. The van der Waals surface area contributed by atoms with Crippen LogP contribution in [0, 0.1) is 5.92 Å². The Bertz CT molecular complexity index is 779. The van der Waals surface area contributed by atoms with Crippen molar-refractivity contribution in [3.63, 3.8) is 0 Å². The normalized spacial score (nSPS) is 18.9. The van der Waals surface area contributed by atoms with Crippen LogP contribution in [-0.2, 0) is 16.6 Å². The summed E-state index contributed by atoms with van der Waals surface area (Å²) in [4.78, 5) is 8.26. The Balaban J connectivity index is 0.00000225. The minimum absolute atomic E-state index is 0. The summed E-state index contributed by atoms with van der Waals surface area (Å²) in [6, 6.07) is 3.46. The van der Waals surface area contributed by atoms with E-state index in [0.29, 0.717) is 25.6 Å². The Hall–Kier alpha value is -1.48. The van der Waals surface area contributed by atoms with Crippen LogP contribution in [0.4, 0.5) is 0 Å². The third-order valence-corrected chi connectivity index (χ3v) is 5.82. The molecule has 1 saturated heterocycles. The minimum atomic E-state index is -3.64. The SMILES string of the molecule is CC(C)Cn1cnc(S(=O)(=O)N2CCNCC2c2cccnc2)c1.Cl. The maximum atomic E-state index is 13.1. The van der Waals surface area contributed by atoms with E-state index in [1.807, 2.05) is 16.7 Å². The lowest BCUT2D eigenvalue weighted by Gasteiger charge is -2.34. The summed E-state index contributed by atoms with van der Waals surface area (Å²) in [5.74, 6) is 0.428. The zero-order valence-electron chi connectivity index (χ0n) is 14.4. The molecule has 3 heterocycles. The van der Waals surface area contributed by atoms with Crippen LogP contribution < -0.4 is 5.32 Å². The fourth-order valence-corrected chi connectivity index (χ4v) is 4.50. The molecule has 0 saturated carbocycles. The molecule has 138 valence electrons. The zero-order chi connectivity index (χ0) is 17.2. The number of piperazine rings is 1. The molecular weight excluding hydrogens is 362 g/mol. The molecule has 2 aromatic heterocycles. The third-order valence-electron chi connectivity index (χ3n) is 4.02. The van der Waals surface area contributed by atoms with E-state index in [9.17, 15) is 8.42 Å². The fourth-order valence-electron chi connectivity index (χ4n) is 2.94. The summed E-state index contributed by atoms with van der Waals surface area (Å²) in [5, 5.41) is 3.37. The highest BCUT2D eigenvalue weighted by molar-refractivity contribution is 7.89. The van der Waals surface area contributed by atoms with Crippen molar-refractivity contribution in [1.29, 1.82) is 0 Å². The van der Waals surface area contributed by atoms with Gasteiger partial charge < -0.3 is 9.88 Å². The molecule has 0 aromatic carbocycles. The van der Waals surface area contributed by atoms with Gasteiger partial charge in [-0.2, -0.15) is 4.31 Å². The number of imidazole rings is 1. The predicted molar refractivity (Wildman–Crippen MR) is 98.1 cm³/mol. The molecule has 0 radical (unpaired) electrons. The first-order chi connectivity index (χ1) is 11.5. The topological polar surface area (TPSA) is 80.1 Å². The van der Waals surface area contributed by atoms with Gasteiger partial charge in [-0.1, -0.05) is 19.9 Å². The first-order valence-corrected chi connectivity index (χ1v) is 9.57. The van der Waals surface area contributed by atoms with Crippen LogP contribution in [0.5, 0.6) is 0 Å². The van der Waals surface area contributed by atoms with Gasteiger partial charge in [0.2, 0.25) is 0 Å². The summed E-state index contributed by atoms with van der Waals surface area (Å²) >= 11 is 0. The Kier molecular flexibility index (Phi) is 6.56. The third kappa shape index (κ3) is 4.38. The molecule has 2 aromatic rings. The summed E-state index contributed by atoms with van der Waals surface area (Å²) in [7, 11) is -3.64. The quantitative estimate of drug-likeness (QED) is 0.847. The number of nitrogens with one attached hydrogen (secondary N) is 1. The monoisotopic (exact) mass is 385 g/mol. The number of aromatic nitrogens is 3. The lowest BCUT2D eigenvalue weighted by molar-refractivity contribution is 0.270. The summed E-state index contributed by atoms with van der Waals surface area (Å²) in [6.07, 6.45) is 6.62. The minimum Gasteiger partial charge on any atom is -0.336 e. The molecule has 0 bridgehead atoms. The van der Waals surface area contributed by atoms with Crippen LogP contribution in [-0.4, -0.2) is 46.9 Å². The first kappa shape index (κ1) is 19.8. The van der Waals surface area contributed by atoms with E-state index in [1.54, 1.807) is 24.9 Å². The van der Waals surface area contributed by atoms with E-state index < -0.39 is 10.0 Å². The number of nitrogens with zero attached hydrogens (tertiary/aromatic N) is 4. The van der Waals surface area contributed by atoms with Crippen LogP contribution in [0.2, 0.25) is 0 Å². The molecule has 3 rings (SSSR count). The van der Waals surface area contributed by atoms with Crippen LogP contribution in [0.1, 0.15) is 25.5 Å². The Morgan fingerprint density at radius 2 is 2.20 bits per heavy atom. The van der Waals surface area contributed by atoms with Crippen LogP contribution >= 0.6 is 12.4 Å². The largest absolute Gasteiger partial charge is 0.336 e. The van der Waals surface area contributed by atoms with Crippen molar-refractivity contribution in [1.82, 2.24) is 24.2 Å². The lowest BCUT2D eigenvalue weighted by Crippen LogP contribution is -2.48. The van der Waals surface area contributed by atoms with Crippen molar-refractivity contribution in [3.8, 4) is 0 Å². The number of rotatable bonds is 5. The highest BCUT2D eigenvalue weighted by Gasteiger charge is 2.35. The number of halogens is 1. The van der Waals surface area contributed by atoms with Gasteiger partial charge in [0.25, 0.3) is 10.0 Å². The smallest absolute Gasteiger partial charge is 0.262 e. The first-order valence-electron chi connectivity index (χ1n) is 8.12. The summed E-state index contributed by atoms with van der Waals surface area (Å²) < 4.78 is 29.5. The van der Waals surface area contributed by atoms with E-state index in [2.05, 4.69) is 29.1 Å².